The third kappa shape index (κ3) is 3.65. The molecule has 0 saturated heterocycles. The maximum absolute atomic E-state index is 11.5. The summed E-state index contributed by atoms with van der Waals surface area (Å²) in [4.78, 5) is 21.5. The van der Waals surface area contributed by atoms with E-state index < -0.39 is 0 Å². The Balaban J connectivity index is 0.00000128. The first-order chi connectivity index (χ1) is 7.33. The summed E-state index contributed by atoms with van der Waals surface area (Å²) < 4.78 is 5.84. The molecule has 5 heteroatoms. The molecule has 0 atom stereocenters. The number of ether oxygens (including phenoxy) is 1. The van der Waals surface area contributed by atoms with Crippen LogP contribution in [0.2, 0.25) is 0 Å². The molecule has 1 radical (unpaired) electrons. The molecule has 2 rings (SSSR count). The summed E-state index contributed by atoms with van der Waals surface area (Å²) in [5.41, 5.74) is 0.532. The number of pyridine rings is 1. The van der Waals surface area contributed by atoms with E-state index in [0.717, 1.165) is 10.9 Å². The van der Waals surface area contributed by atoms with Gasteiger partial charge in [0.2, 0.25) is 0 Å². The van der Waals surface area contributed by atoms with Crippen LogP contribution in [0.3, 0.4) is 0 Å². The van der Waals surface area contributed by atoms with Gasteiger partial charge in [-0.25, -0.2) is 0 Å². The van der Waals surface area contributed by atoms with Crippen molar-refractivity contribution in [2.45, 2.75) is 6.73 Å². The monoisotopic (exact) mass is 444 g/mol. The average Bonchev–Trinajstić information content (AvgIpc) is 2.28. The molecule has 0 unspecified atom stereocenters. The number of hydrogen-bond donors (Lipinski definition) is 0. The molecule has 17 heavy (non-hydrogen) atoms. The van der Waals surface area contributed by atoms with Crippen molar-refractivity contribution in [3.05, 3.63) is 54.2 Å². The van der Waals surface area contributed by atoms with Crippen molar-refractivity contribution in [1.82, 2.24) is 4.57 Å². The topological polar surface area (TPSA) is 48.3 Å². The quantitative estimate of drug-likeness (QED) is 0.675. The fourth-order valence-corrected chi connectivity index (χ4v) is 1.47. The summed E-state index contributed by atoms with van der Waals surface area (Å²) in [5, 5.41) is 0.923. The van der Waals surface area contributed by atoms with E-state index in [4.69, 9.17) is 0 Å². The predicted octanol–water partition coefficient (Wildman–Crippen LogP) is 1.49. The first-order valence-electron chi connectivity index (χ1n) is 4.40. The van der Waals surface area contributed by atoms with Gasteiger partial charge in [-0.1, -0.05) is 24.7 Å². The number of benzene rings is 1. The van der Waals surface area contributed by atoms with Gasteiger partial charge in [-0.05, 0) is 17.5 Å². The third-order valence-corrected chi connectivity index (χ3v) is 2.15. The molecule has 0 amide bonds. The van der Waals surface area contributed by atoms with Crippen molar-refractivity contribution in [2.24, 2.45) is 0 Å². The fraction of sp³-hybridized carbons (Fsp3) is 0.0833. The first-order valence-corrected chi connectivity index (χ1v) is 4.40. The number of hydrogen-bond acceptors (Lipinski definition) is 3. The Labute approximate surface area is 135 Å². The summed E-state index contributed by atoms with van der Waals surface area (Å²) in [6, 6.07) is 10.6. The van der Waals surface area contributed by atoms with Crippen LogP contribution >= 0.6 is 0 Å². The Bertz CT molecular complexity index is 551. The second-order valence-corrected chi connectivity index (χ2v) is 3.02. The Morgan fingerprint density at radius 2 is 1.88 bits per heavy atom. The molecule has 0 aliphatic rings. The van der Waals surface area contributed by atoms with E-state index in [2.05, 4.69) is 4.74 Å². The smallest absolute Gasteiger partial charge is 0.253 e. The summed E-state index contributed by atoms with van der Waals surface area (Å²) in [6.07, 6.45) is 0. The Hall–Kier alpha value is -0.658. The minimum atomic E-state index is -0.205. The zero-order valence-corrected chi connectivity index (χ0v) is 14.2. The van der Waals surface area contributed by atoms with Gasteiger partial charge in [0.05, 0.1) is 5.52 Å². The molecule has 0 spiro atoms. The van der Waals surface area contributed by atoms with E-state index in [1.807, 2.05) is 18.2 Å². The molecule has 1 heterocycles. The van der Waals surface area contributed by atoms with Crippen LogP contribution in [0.25, 0.3) is 10.9 Å². The van der Waals surface area contributed by atoms with Crippen molar-refractivity contribution < 1.29 is 53.6 Å². The van der Waals surface area contributed by atoms with Crippen LogP contribution in [-0.4, -0.2) is 11.0 Å². The minimum absolute atomic E-state index is 0. The van der Waals surface area contributed by atoms with Crippen molar-refractivity contribution in [2.75, 3.05) is 0 Å². The van der Waals surface area contributed by atoms with Crippen LogP contribution < -0.4 is 5.56 Å². The van der Waals surface area contributed by atoms with Gasteiger partial charge in [-0.2, -0.15) is 0 Å². The second kappa shape index (κ2) is 7.63. The first kappa shape index (κ1) is 16.3. The molecule has 0 bridgehead atoms. The van der Waals surface area contributed by atoms with Crippen LogP contribution in [0.1, 0.15) is 0 Å². The van der Waals surface area contributed by atoms with Crippen molar-refractivity contribution in [3.8, 4) is 0 Å². The van der Waals surface area contributed by atoms with Crippen LogP contribution in [0.15, 0.2) is 41.2 Å². The zero-order chi connectivity index (χ0) is 10.7. The normalized spacial score (nSPS) is 8.94. The Kier molecular flexibility index (Phi) is 7.33. The number of rotatable bonds is 3. The number of aromatic nitrogens is 1. The van der Waals surface area contributed by atoms with Crippen LogP contribution in [0.4, 0.5) is 0 Å². The molecule has 0 aliphatic heterocycles. The molecule has 0 fully saturated rings. The van der Waals surface area contributed by atoms with Gasteiger partial charge in [0.15, 0.2) is 0 Å². The van der Waals surface area contributed by atoms with Crippen LogP contribution in [-0.2, 0) is 16.3 Å². The fourth-order valence-electron chi connectivity index (χ4n) is 1.47. The molecule has 1 aromatic heterocycles. The van der Waals surface area contributed by atoms with Crippen LogP contribution in [0, 0.1) is 51.5 Å². The summed E-state index contributed by atoms with van der Waals surface area (Å²) >= 11 is 0. The van der Waals surface area contributed by atoms with E-state index in [1.54, 1.807) is 12.1 Å². The largest absolute Gasteiger partial charge is 0.638 e. The molecule has 4 nitrogen and oxygen atoms in total. The number of carbonyl (C=O) groups excluding carboxylic acids is 1. The summed E-state index contributed by atoms with van der Waals surface area (Å²) in [7, 11) is 0. The van der Waals surface area contributed by atoms with Crippen LogP contribution in [0.5, 0.6) is 0 Å². The molecular formula is C12H11AcNO3-2. The van der Waals surface area contributed by atoms with Crippen molar-refractivity contribution in [3.63, 3.8) is 0 Å². The number of nitrogens with zero attached hydrogens (tertiary/aromatic N) is 1. The molecule has 0 N–H and O–H groups in total. The third-order valence-electron chi connectivity index (χ3n) is 2.15. The number of fused-ring (bicyclic) bond motifs is 1. The van der Waals surface area contributed by atoms with Gasteiger partial charge in [0.25, 0.3) is 5.56 Å². The van der Waals surface area contributed by atoms with Crippen molar-refractivity contribution in [1.29, 1.82) is 0 Å². The molecule has 2 aromatic rings. The van der Waals surface area contributed by atoms with Gasteiger partial charge >= 0.3 is 0 Å². The average molecular weight is 444 g/mol. The zero-order valence-electron chi connectivity index (χ0n) is 9.42. The van der Waals surface area contributed by atoms with E-state index in [-0.39, 0.29) is 63.8 Å². The summed E-state index contributed by atoms with van der Waals surface area (Å²) in [6.45, 7) is 1.19. The predicted molar refractivity (Wildman–Crippen MR) is 61.4 cm³/mol. The van der Waals surface area contributed by atoms with E-state index in [0.29, 0.717) is 0 Å². The maximum atomic E-state index is 11.5. The SMILES string of the molecule is O=[C-]OCn1c(=O)ccc2ccccc21.[Ac].[CH3-]. The van der Waals surface area contributed by atoms with Gasteiger partial charge in [-0.3, -0.25) is 9.36 Å². The van der Waals surface area contributed by atoms with Crippen molar-refractivity contribution >= 4 is 17.4 Å². The standard InChI is InChI=1S/C11H8NO3.CH3.Ac/c13-8-15-7-12-10-4-2-1-3-9(10)5-6-11(12)14;;/h1-6H,7H2;1H3;/q2*-1;. The second-order valence-electron chi connectivity index (χ2n) is 3.02. The molecule has 0 aliphatic carbocycles. The van der Waals surface area contributed by atoms with E-state index in [9.17, 15) is 9.59 Å². The molecule has 1 aromatic carbocycles. The molecule has 0 saturated carbocycles. The Morgan fingerprint density at radius 1 is 1.18 bits per heavy atom. The van der Waals surface area contributed by atoms with E-state index in [1.165, 1.54) is 17.1 Å². The minimum Gasteiger partial charge on any atom is -0.638 e. The van der Waals surface area contributed by atoms with Gasteiger partial charge in [-0.15, -0.1) is 0 Å². The molecular weight excluding hydrogens is 433 g/mol. The molecule has 87 valence electrons. The summed E-state index contributed by atoms with van der Waals surface area (Å²) in [5.74, 6) is 0. The van der Waals surface area contributed by atoms with Gasteiger partial charge in [0.1, 0.15) is 6.73 Å². The number of para-hydroxylation sites is 1. The van der Waals surface area contributed by atoms with E-state index >= 15 is 0 Å². The van der Waals surface area contributed by atoms with Gasteiger partial charge in [0, 0.05) is 50.1 Å². The maximum Gasteiger partial charge on any atom is 0.253 e. The van der Waals surface area contributed by atoms with Gasteiger partial charge < -0.3 is 17.0 Å². The Morgan fingerprint density at radius 3 is 2.59 bits per heavy atom.